The van der Waals surface area contributed by atoms with E-state index in [0.717, 1.165) is 23.1 Å². The van der Waals surface area contributed by atoms with Gasteiger partial charge in [0, 0.05) is 24.1 Å². The number of nitrogens with zero attached hydrogens (tertiary/aromatic N) is 1. The van der Waals surface area contributed by atoms with Gasteiger partial charge in [0.05, 0.1) is 5.92 Å². The average Bonchev–Trinajstić information content (AvgIpc) is 3.15. The molecule has 0 spiro atoms. The fourth-order valence-electron chi connectivity index (χ4n) is 5.62. The molecule has 4 nitrogen and oxygen atoms in total. The molecule has 5 rings (SSSR count). The van der Waals surface area contributed by atoms with Crippen LogP contribution in [0.3, 0.4) is 0 Å². The van der Waals surface area contributed by atoms with Crippen LogP contribution in [0, 0.1) is 11.8 Å². The monoisotopic (exact) mass is 411 g/mol. The second-order valence-electron chi connectivity index (χ2n) is 8.64. The van der Waals surface area contributed by atoms with Gasteiger partial charge < -0.3 is 10.0 Å². The Bertz CT molecular complexity index is 1100. The molecule has 3 aromatic rings. The van der Waals surface area contributed by atoms with E-state index >= 15 is 0 Å². The Labute approximate surface area is 182 Å². The smallest absolute Gasteiger partial charge is 0.311 e. The number of carboxylic acids is 1. The van der Waals surface area contributed by atoms with E-state index in [1.807, 2.05) is 77.7 Å². The summed E-state index contributed by atoms with van der Waals surface area (Å²) in [7, 11) is 0. The van der Waals surface area contributed by atoms with Crippen LogP contribution < -0.4 is 0 Å². The molecular weight excluding hydrogens is 386 g/mol. The van der Waals surface area contributed by atoms with Crippen LogP contribution in [-0.4, -0.2) is 34.5 Å². The molecule has 4 heteroatoms. The molecule has 1 saturated heterocycles. The molecule has 2 aliphatic rings. The third-order valence-electron chi connectivity index (χ3n) is 6.91. The van der Waals surface area contributed by atoms with Gasteiger partial charge in [-0.3, -0.25) is 9.59 Å². The normalized spacial score (nSPS) is 24.3. The topological polar surface area (TPSA) is 57.6 Å². The molecule has 156 valence electrons. The van der Waals surface area contributed by atoms with Crippen LogP contribution in [0.25, 0.3) is 0 Å². The molecule has 31 heavy (non-hydrogen) atoms. The first-order chi connectivity index (χ1) is 15.1. The van der Waals surface area contributed by atoms with Crippen molar-refractivity contribution in [2.45, 2.75) is 24.8 Å². The van der Waals surface area contributed by atoms with Crippen molar-refractivity contribution >= 4 is 11.9 Å². The summed E-state index contributed by atoms with van der Waals surface area (Å²) >= 11 is 0. The number of likely N-dealkylation sites (tertiary alicyclic amines) is 1. The number of aliphatic carboxylic acids is 1. The standard InChI is InChI=1S/C27H25NO3/c29-26(19-11-5-2-6-12-19)28-17-21-16-20-13-7-8-14-22(20)25(27(30)31)24(21)23(28)15-18-9-3-1-4-10-18/h1-14,21,23-25H,15-17H2,(H,30,31)/t21-,23-,24+,25-/m0/s1. The van der Waals surface area contributed by atoms with Gasteiger partial charge in [0.2, 0.25) is 0 Å². The van der Waals surface area contributed by atoms with Crippen LogP contribution in [0.5, 0.6) is 0 Å². The summed E-state index contributed by atoms with van der Waals surface area (Å²) in [5, 5.41) is 10.3. The van der Waals surface area contributed by atoms with Crippen molar-refractivity contribution in [1.82, 2.24) is 4.90 Å². The number of fused-ring (bicyclic) bond motifs is 2. The van der Waals surface area contributed by atoms with E-state index < -0.39 is 11.9 Å². The Hall–Kier alpha value is -3.40. The molecule has 0 aromatic heterocycles. The Morgan fingerprint density at radius 3 is 2.23 bits per heavy atom. The van der Waals surface area contributed by atoms with Crippen molar-refractivity contribution in [1.29, 1.82) is 0 Å². The number of carbonyl (C=O) groups excluding carboxylic acids is 1. The van der Waals surface area contributed by atoms with Crippen molar-refractivity contribution in [3.8, 4) is 0 Å². The first-order valence-corrected chi connectivity index (χ1v) is 10.8. The first-order valence-electron chi connectivity index (χ1n) is 10.8. The summed E-state index contributed by atoms with van der Waals surface area (Å²) in [6.45, 7) is 0.591. The average molecular weight is 412 g/mol. The van der Waals surface area contributed by atoms with Crippen LogP contribution in [0.15, 0.2) is 84.9 Å². The SMILES string of the molecule is O=C(O)[C@H]1c2ccccc2C[C@H]2CN(C(=O)c3ccccc3)[C@@H](Cc3ccccc3)[C@@H]21. The summed E-state index contributed by atoms with van der Waals surface area (Å²) in [6.07, 6.45) is 1.47. The number of benzene rings is 3. The minimum Gasteiger partial charge on any atom is -0.481 e. The zero-order valence-corrected chi connectivity index (χ0v) is 17.2. The molecule has 4 atom stereocenters. The van der Waals surface area contributed by atoms with Gasteiger partial charge >= 0.3 is 5.97 Å². The highest BCUT2D eigenvalue weighted by atomic mass is 16.4. The summed E-state index contributed by atoms with van der Waals surface area (Å²) < 4.78 is 0. The predicted molar refractivity (Wildman–Crippen MR) is 119 cm³/mol. The van der Waals surface area contributed by atoms with Crippen molar-refractivity contribution < 1.29 is 14.7 Å². The van der Waals surface area contributed by atoms with Gasteiger partial charge in [-0.15, -0.1) is 0 Å². The highest BCUT2D eigenvalue weighted by Crippen LogP contribution is 2.48. The zero-order chi connectivity index (χ0) is 21.4. The predicted octanol–water partition coefficient (Wildman–Crippen LogP) is 4.41. The van der Waals surface area contributed by atoms with E-state index in [-0.39, 0.29) is 23.8 Å². The van der Waals surface area contributed by atoms with Crippen molar-refractivity contribution in [3.63, 3.8) is 0 Å². The second-order valence-corrected chi connectivity index (χ2v) is 8.64. The van der Waals surface area contributed by atoms with Gasteiger partial charge in [-0.05, 0) is 47.6 Å². The molecule has 0 saturated carbocycles. The lowest BCUT2D eigenvalue weighted by Crippen LogP contribution is -2.43. The van der Waals surface area contributed by atoms with Gasteiger partial charge in [0.15, 0.2) is 0 Å². The zero-order valence-electron chi connectivity index (χ0n) is 17.2. The lowest BCUT2D eigenvalue weighted by atomic mass is 9.67. The van der Waals surface area contributed by atoms with Gasteiger partial charge in [0.25, 0.3) is 5.91 Å². The fourth-order valence-corrected chi connectivity index (χ4v) is 5.62. The lowest BCUT2D eigenvalue weighted by Gasteiger charge is -2.36. The number of carboxylic acid groups (broad SMARTS) is 1. The van der Waals surface area contributed by atoms with Crippen LogP contribution in [-0.2, 0) is 17.6 Å². The van der Waals surface area contributed by atoms with Crippen LogP contribution in [0.2, 0.25) is 0 Å². The van der Waals surface area contributed by atoms with Crippen molar-refractivity contribution in [3.05, 3.63) is 107 Å². The van der Waals surface area contributed by atoms with E-state index in [1.54, 1.807) is 0 Å². The molecule has 1 amide bonds. The number of hydrogen-bond acceptors (Lipinski definition) is 2. The summed E-state index contributed by atoms with van der Waals surface area (Å²) in [4.78, 5) is 28.0. The number of rotatable bonds is 4. The van der Waals surface area contributed by atoms with Gasteiger partial charge in [-0.25, -0.2) is 0 Å². The molecular formula is C27H25NO3. The molecule has 1 heterocycles. The van der Waals surface area contributed by atoms with E-state index in [2.05, 4.69) is 12.1 Å². The van der Waals surface area contributed by atoms with Crippen LogP contribution >= 0.6 is 0 Å². The Balaban J connectivity index is 1.58. The quantitative estimate of drug-likeness (QED) is 0.692. The highest BCUT2D eigenvalue weighted by Gasteiger charge is 2.52. The highest BCUT2D eigenvalue weighted by molar-refractivity contribution is 5.95. The van der Waals surface area contributed by atoms with Crippen LogP contribution in [0.1, 0.15) is 33.0 Å². The Morgan fingerprint density at radius 2 is 1.52 bits per heavy atom. The number of hydrogen-bond donors (Lipinski definition) is 1. The van der Waals surface area contributed by atoms with E-state index in [0.29, 0.717) is 18.5 Å². The van der Waals surface area contributed by atoms with Crippen molar-refractivity contribution in [2.75, 3.05) is 6.54 Å². The molecule has 1 N–H and O–H groups in total. The minimum absolute atomic E-state index is 0.0101. The molecule has 1 aliphatic heterocycles. The Kier molecular flexibility index (Phi) is 5.06. The molecule has 0 bridgehead atoms. The Morgan fingerprint density at radius 1 is 0.871 bits per heavy atom. The summed E-state index contributed by atoms with van der Waals surface area (Å²) in [5.41, 5.74) is 3.79. The van der Waals surface area contributed by atoms with Gasteiger partial charge in [-0.1, -0.05) is 72.8 Å². The third kappa shape index (κ3) is 3.52. The molecule has 3 aromatic carbocycles. The maximum absolute atomic E-state index is 13.5. The van der Waals surface area contributed by atoms with Crippen LogP contribution in [0.4, 0.5) is 0 Å². The van der Waals surface area contributed by atoms with Gasteiger partial charge in [-0.2, -0.15) is 0 Å². The number of amides is 1. The second kappa shape index (κ2) is 8.03. The number of carbonyl (C=O) groups is 2. The van der Waals surface area contributed by atoms with Crippen molar-refractivity contribution in [2.24, 2.45) is 11.8 Å². The minimum atomic E-state index is -0.797. The largest absolute Gasteiger partial charge is 0.481 e. The molecule has 1 fully saturated rings. The maximum Gasteiger partial charge on any atom is 0.311 e. The molecule has 1 aliphatic carbocycles. The third-order valence-corrected chi connectivity index (χ3v) is 6.91. The first kappa shape index (κ1) is 19.6. The summed E-state index contributed by atoms with van der Waals surface area (Å²) in [5.74, 6) is -1.38. The van der Waals surface area contributed by atoms with E-state index in [4.69, 9.17) is 0 Å². The molecule has 0 unspecified atom stereocenters. The van der Waals surface area contributed by atoms with E-state index in [1.165, 1.54) is 0 Å². The van der Waals surface area contributed by atoms with Gasteiger partial charge in [0.1, 0.15) is 0 Å². The lowest BCUT2D eigenvalue weighted by molar-refractivity contribution is -0.141. The maximum atomic E-state index is 13.5. The molecule has 0 radical (unpaired) electrons. The van der Waals surface area contributed by atoms with E-state index in [9.17, 15) is 14.7 Å². The fraction of sp³-hybridized carbons (Fsp3) is 0.259. The summed E-state index contributed by atoms with van der Waals surface area (Å²) in [6, 6.07) is 27.1.